The van der Waals surface area contributed by atoms with Crippen molar-refractivity contribution in [1.82, 2.24) is 9.80 Å². The van der Waals surface area contributed by atoms with Crippen molar-refractivity contribution in [2.75, 3.05) is 32.8 Å². The lowest BCUT2D eigenvalue weighted by Crippen LogP contribution is -2.51. The van der Waals surface area contributed by atoms with E-state index >= 15 is 0 Å². The van der Waals surface area contributed by atoms with E-state index in [-0.39, 0.29) is 24.2 Å². The lowest BCUT2D eigenvalue weighted by atomic mass is 10.0. The summed E-state index contributed by atoms with van der Waals surface area (Å²) in [6.07, 6.45) is 0. The summed E-state index contributed by atoms with van der Waals surface area (Å²) in [5.41, 5.74) is 2.70. The highest BCUT2D eigenvalue weighted by Crippen LogP contribution is 2.17. The number of amides is 2. The Bertz CT molecular complexity index is 845. The molecular weight excluding hydrogens is 347 g/mol. The van der Waals surface area contributed by atoms with E-state index in [0.717, 1.165) is 11.1 Å². The number of hydrogen-bond acceptors (Lipinski definition) is 3. The van der Waals surface area contributed by atoms with Gasteiger partial charge in [-0.3, -0.25) is 9.59 Å². The highest BCUT2D eigenvalue weighted by molar-refractivity contribution is 5.96. The molecule has 1 fully saturated rings. The first-order valence-electron chi connectivity index (χ1n) is 8.97. The number of nitrogens with zero attached hydrogens (tertiary/aromatic N) is 2. The first-order chi connectivity index (χ1) is 13.0. The largest absolute Gasteiger partial charge is 0.481 e. The number of hydrogen-bond donors (Lipinski definition) is 0. The summed E-state index contributed by atoms with van der Waals surface area (Å²) in [5, 5.41) is 0. The summed E-state index contributed by atoms with van der Waals surface area (Å²) in [6, 6.07) is 11.8. The van der Waals surface area contributed by atoms with Crippen molar-refractivity contribution >= 4 is 11.8 Å². The number of carbonyl (C=O) groups is 2. The molecule has 0 saturated carbocycles. The molecule has 0 atom stereocenters. The molecule has 6 heteroatoms. The molecule has 1 heterocycles. The van der Waals surface area contributed by atoms with Crippen LogP contribution in [0.5, 0.6) is 5.75 Å². The number of halogens is 1. The molecule has 142 valence electrons. The Kier molecular flexibility index (Phi) is 5.74. The summed E-state index contributed by atoms with van der Waals surface area (Å²) in [7, 11) is 0. The van der Waals surface area contributed by atoms with Crippen LogP contribution in [-0.4, -0.2) is 54.4 Å². The third kappa shape index (κ3) is 4.45. The van der Waals surface area contributed by atoms with Gasteiger partial charge in [-0.05, 0) is 37.6 Å². The van der Waals surface area contributed by atoms with Crippen LogP contribution in [0.4, 0.5) is 4.39 Å². The van der Waals surface area contributed by atoms with Crippen LogP contribution in [0.2, 0.25) is 0 Å². The third-order valence-corrected chi connectivity index (χ3v) is 4.73. The minimum absolute atomic E-state index is 0.00842. The average Bonchev–Trinajstić information content (AvgIpc) is 2.68. The quantitative estimate of drug-likeness (QED) is 0.832. The van der Waals surface area contributed by atoms with Crippen LogP contribution in [0.25, 0.3) is 0 Å². The summed E-state index contributed by atoms with van der Waals surface area (Å²) >= 11 is 0. The number of rotatable bonds is 4. The van der Waals surface area contributed by atoms with Gasteiger partial charge in [0.25, 0.3) is 11.8 Å². The lowest BCUT2D eigenvalue weighted by molar-refractivity contribution is -0.134. The van der Waals surface area contributed by atoms with Crippen molar-refractivity contribution in [2.45, 2.75) is 13.8 Å². The average molecular weight is 370 g/mol. The first-order valence-corrected chi connectivity index (χ1v) is 8.97. The fourth-order valence-electron chi connectivity index (χ4n) is 3.09. The molecule has 0 aromatic heterocycles. The Labute approximate surface area is 158 Å². The van der Waals surface area contributed by atoms with E-state index in [4.69, 9.17) is 4.74 Å². The second-order valence-corrected chi connectivity index (χ2v) is 6.71. The fourth-order valence-corrected chi connectivity index (χ4v) is 3.09. The van der Waals surface area contributed by atoms with E-state index in [1.165, 1.54) is 12.1 Å². The minimum atomic E-state index is -0.491. The molecule has 0 radical (unpaired) electrons. The Balaban J connectivity index is 1.54. The summed E-state index contributed by atoms with van der Waals surface area (Å²) in [6.45, 7) is 5.49. The maximum Gasteiger partial charge on any atom is 0.260 e. The number of ether oxygens (including phenoxy) is 1. The van der Waals surface area contributed by atoms with Gasteiger partial charge in [0, 0.05) is 31.7 Å². The number of para-hydroxylation sites is 1. The normalized spacial score (nSPS) is 14.2. The lowest BCUT2D eigenvalue weighted by Gasteiger charge is -2.35. The van der Waals surface area contributed by atoms with E-state index in [1.807, 2.05) is 32.0 Å². The maximum absolute atomic E-state index is 13.6. The molecule has 0 spiro atoms. The van der Waals surface area contributed by atoms with Crippen LogP contribution >= 0.6 is 0 Å². The SMILES string of the molecule is Cc1ccc(C)c(C(=O)N2CCN(C(=O)COc3ccccc3F)CC2)c1. The molecule has 0 unspecified atom stereocenters. The number of piperazine rings is 1. The van der Waals surface area contributed by atoms with Crippen LogP contribution in [-0.2, 0) is 4.79 Å². The van der Waals surface area contributed by atoms with Crippen LogP contribution in [0.1, 0.15) is 21.5 Å². The zero-order valence-corrected chi connectivity index (χ0v) is 15.6. The Morgan fingerprint density at radius 2 is 1.67 bits per heavy atom. The van der Waals surface area contributed by atoms with Gasteiger partial charge in [-0.1, -0.05) is 29.8 Å². The molecule has 2 aromatic rings. The van der Waals surface area contributed by atoms with Gasteiger partial charge in [0.15, 0.2) is 18.2 Å². The summed E-state index contributed by atoms with van der Waals surface area (Å²) < 4.78 is 18.8. The second kappa shape index (κ2) is 8.20. The topological polar surface area (TPSA) is 49.9 Å². The predicted molar refractivity (Wildman–Crippen MR) is 100 cm³/mol. The van der Waals surface area contributed by atoms with E-state index in [2.05, 4.69) is 0 Å². The zero-order chi connectivity index (χ0) is 19.4. The van der Waals surface area contributed by atoms with Gasteiger partial charge >= 0.3 is 0 Å². The number of carbonyl (C=O) groups excluding carboxylic acids is 2. The van der Waals surface area contributed by atoms with Crippen molar-refractivity contribution in [2.24, 2.45) is 0 Å². The highest BCUT2D eigenvalue weighted by Gasteiger charge is 2.26. The molecular formula is C21H23FN2O3. The Morgan fingerprint density at radius 3 is 2.37 bits per heavy atom. The van der Waals surface area contributed by atoms with Crippen molar-refractivity contribution in [3.05, 3.63) is 65.0 Å². The molecule has 0 aliphatic carbocycles. The van der Waals surface area contributed by atoms with Crippen molar-refractivity contribution in [1.29, 1.82) is 0 Å². The smallest absolute Gasteiger partial charge is 0.260 e. The fraction of sp³-hybridized carbons (Fsp3) is 0.333. The zero-order valence-electron chi connectivity index (χ0n) is 15.6. The van der Waals surface area contributed by atoms with Gasteiger partial charge in [-0.15, -0.1) is 0 Å². The molecule has 0 N–H and O–H groups in total. The first kappa shape index (κ1) is 18.9. The van der Waals surface area contributed by atoms with Gasteiger partial charge in [0.2, 0.25) is 0 Å². The molecule has 1 aliphatic rings. The van der Waals surface area contributed by atoms with Gasteiger partial charge in [0.05, 0.1) is 0 Å². The molecule has 5 nitrogen and oxygen atoms in total. The van der Waals surface area contributed by atoms with Crippen LogP contribution in [0, 0.1) is 19.7 Å². The molecule has 2 aromatic carbocycles. The van der Waals surface area contributed by atoms with Gasteiger partial charge in [0.1, 0.15) is 0 Å². The van der Waals surface area contributed by atoms with Gasteiger partial charge in [-0.25, -0.2) is 4.39 Å². The van der Waals surface area contributed by atoms with Crippen molar-refractivity contribution in [3.63, 3.8) is 0 Å². The summed E-state index contributed by atoms with van der Waals surface area (Å²) in [4.78, 5) is 28.5. The van der Waals surface area contributed by atoms with Gasteiger partial charge < -0.3 is 14.5 Å². The molecule has 27 heavy (non-hydrogen) atoms. The molecule has 1 aliphatic heterocycles. The molecule has 3 rings (SSSR count). The Hall–Kier alpha value is -2.89. The number of aryl methyl sites for hydroxylation is 2. The Morgan fingerprint density at radius 1 is 1.00 bits per heavy atom. The van der Waals surface area contributed by atoms with E-state index < -0.39 is 5.82 Å². The van der Waals surface area contributed by atoms with Crippen molar-refractivity contribution < 1.29 is 18.7 Å². The summed E-state index contributed by atoms with van der Waals surface area (Å²) in [5.74, 6) is -0.646. The minimum Gasteiger partial charge on any atom is -0.481 e. The predicted octanol–water partition coefficient (Wildman–Crippen LogP) is 2.81. The standard InChI is InChI=1S/C21H23FN2O3/c1-15-7-8-16(2)17(13-15)21(26)24-11-9-23(10-12-24)20(25)14-27-19-6-4-3-5-18(19)22/h3-8,13H,9-12,14H2,1-2H3. The van der Waals surface area contributed by atoms with E-state index in [1.54, 1.807) is 21.9 Å². The van der Waals surface area contributed by atoms with Crippen LogP contribution < -0.4 is 4.74 Å². The maximum atomic E-state index is 13.6. The van der Waals surface area contributed by atoms with E-state index in [9.17, 15) is 14.0 Å². The molecule has 2 amide bonds. The molecule has 0 bridgehead atoms. The second-order valence-electron chi connectivity index (χ2n) is 6.71. The van der Waals surface area contributed by atoms with Crippen LogP contribution in [0.3, 0.4) is 0 Å². The third-order valence-electron chi connectivity index (χ3n) is 4.73. The van der Waals surface area contributed by atoms with E-state index in [0.29, 0.717) is 31.7 Å². The number of benzene rings is 2. The van der Waals surface area contributed by atoms with Gasteiger partial charge in [-0.2, -0.15) is 0 Å². The van der Waals surface area contributed by atoms with Crippen LogP contribution in [0.15, 0.2) is 42.5 Å². The molecule has 1 saturated heterocycles. The monoisotopic (exact) mass is 370 g/mol. The van der Waals surface area contributed by atoms with Crippen molar-refractivity contribution in [3.8, 4) is 5.75 Å². The highest BCUT2D eigenvalue weighted by atomic mass is 19.1.